The highest BCUT2D eigenvalue weighted by Crippen LogP contribution is 2.36. The molecule has 0 bridgehead atoms. The van der Waals surface area contributed by atoms with Gasteiger partial charge in [-0.25, -0.2) is 0 Å². The molecule has 1 aromatic carbocycles. The van der Waals surface area contributed by atoms with Gasteiger partial charge in [0.25, 0.3) is 0 Å². The van der Waals surface area contributed by atoms with Crippen molar-refractivity contribution in [3.05, 3.63) is 22.2 Å². The number of rotatable bonds is 13. The van der Waals surface area contributed by atoms with E-state index < -0.39 is 4.92 Å². The first-order chi connectivity index (χ1) is 11.6. The van der Waals surface area contributed by atoms with E-state index in [1.54, 1.807) is 12.1 Å². The van der Waals surface area contributed by atoms with Gasteiger partial charge in [-0.2, -0.15) is 0 Å². The lowest BCUT2D eigenvalue weighted by Gasteiger charge is -2.15. The van der Waals surface area contributed by atoms with Gasteiger partial charge in [0.1, 0.15) is 11.4 Å². The molecule has 0 aliphatic carbocycles. The predicted molar refractivity (Wildman–Crippen MR) is 93.7 cm³/mol. The van der Waals surface area contributed by atoms with E-state index in [-0.39, 0.29) is 25.5 Å². The number of aliphatic hydroxyl groups is 3. The Labute approximate surface area is 140 Å². The van der Waals surface area contributed by atoms with Crippen LogP contribution < -0.4 is 16.0 Å². The molecule has 1 aromatic rings. The molecule has 0 fully saturated rings. The van der Waals surface area contributed by atoms with Crippen molar-refractivity contribution in [1.29, 1.82) is 0 Å². The molecule has 6 N–H and O–H groups in total. The van der Waals surface area contributed by atoms with Crippen LogP contribution in [-0.2, 0) is 0 Å². The minimum absolute atomic E-state index is 0.00313. The largest absolute Gasteiger partial charge is 0.396 e. The standard InChI is InChI=1S/C15H26N4O5/c20-7-1-4-16-12-10-13(17-5-2-8-21)15(19(23)24)14(11-12)18-6-3-9-22/h10-11,16-18,20-22H,1-9H2. The van der Waals surface area contributed by atoms with Crippen LogP contribution in [-0.4, -0.2) is 59.7 Å². The molecule has 0 atom stereocenters. The fraction of sp³-hybridized carbons (Fsp3) is 0.600. The highest BCUT2D eigenvalue weighted by molar-refractivity contribution is 5.81. The third-order valence-corrected chi connectivity index (χ3v) is 3.26. The van der Waals surface area contributed by atoms with Crippen molar-refractivity contribution in [2.75, 3.05) is 55.4 Å². The van der Waals surface area contributed by atoms with Gasteiger partial charge in [-0.15, -0.1) is 0 Å². The lowest BCUT2D eigenvalue weighted by Crippen LogP contribution is -2.11. The van der Waals surface area contributed by atoms with Gasteiger partial charge in [0.05, 0.1) is 4.92 Å². The molecule has 0 radical (unpaired) electrons. The molecule has 9 heteroatoms. The van der Waals surface area contributed by atoms with Crippen LogP contribution in [0.2, 0.25) is 0 Å². The van der Waals surface area contributed by atoms with E-state index in [0.29, 0.717) is 56.0 Å². The summed E-state index contributed by atoms with van der Waals surface area (Å²) in [5.41, 5.74) is 1.33. The van der Waals surface area contributed by atoms with Crippen molar-refractivity contribution in [3.63, 3.8) is 0 Å². The average Bonchev–Trinajstić information content (AvgIpc) is 2.55. The Morgan fingerprint density at radius 1 is 0.833 bits per heavy atom. The fourth-order valence-electron chi connectivity index (χ4n) is 2.12. The first-order valence-electron chi connectivity index (χ1n) is 8.00. The molecule has 0 unspecified atom stereocenters. The predicted octanol–water partition coefficient (Wildman–Crippen LogP) is 0.978. The Kier molecular flexibility index (Phi) is 9.51. The summed E-state index contributed by atoms with van der Waals surface area (Å²) in [7, 11) is 0. The maximum Gasteiger partial charge on any atom is 0.315 e. The topological polar surface area (TPSA) is 140 Å². The second-order valence-electron chi connectivity index (χ2n) is 5.19. The van der Waals surface area contributed by atoms with E-state index >= 15 is 0 Å². The van der Waals surface area contributed by atoms with E-state index in [1.807, 2.05) is 0 Å². The second kappa shape index (κ2) is 11.4. The van der Waals surface area contributed by atoms with E-state index in [0.717, 1.165) is 0 Å². The molecule has 0 heterocycles. The van der Waals surface area contributed by atoms with Crippen molar-refractivity contribution >= 4 is 22.7 Å². The molecule has 0 aliphatic rings. The van der Waals surface area contributed by atoms with Crippen LogP contribution in [0.4, 0.5) is 22.7 Å². The normalized spacial score (nSPS) is 10.5. The highest BCUT2D eigenvalue weighted by Gasteiger charge is 2.21. The lowest BCUT2D eigenvalue weighted by atomic mass is 10.2. The van der Waals surface area contributed by atoms with Crippen molar-refractivity contribution in [1.82, 2.24) is 0 Å². The zero-order chi connectivity index (χ0) is 17.8. The number of aliphatic hydroxyl groups excluding tert-OH is 3. The van der Waals surface area contributed by atoms with Crippen LogP contribution in [0.5, 0.6) is 0 Å². The maximum atomic E-state index is 11.5. The summed E-state index contributed by atoms with van der Waals surface area (Å²) in [5, 5.41) is 47.1. The lowest BCUT2D eigenvalue weighted by molar-refractivity contribution is -0.383. The van der Waals surface area contributed by atoms with Gasteiger partial charge in [-0.3, -0.25) is 10.1 Å². The van der Waals surface area contributed by atoms with Crippen molar-refractivity contribution in [3.8, 4) is 0 Å². The monoisotopic (exact) mass is 342 g/mol. The molecular weight excluding hydrogens is 316 g/mol. The van der Waals surface area contributed by atoms with Crippen LogP contribution >= 0.6 is 0 Å². The molecule has 1 rings (SSSR count). The van der Waals surface area contributed by atoms with E-state index in [9.17, 15) is 10.1 Å². The summed E-state index contributed by atoms with van der Waals surface area (Å²) >= 11 is 0. The summed E-state index contributed by atoms with van der Waals surface area (Å²) in [4.78, 5) is 11.0. The van der Waals surface area contributed by atoms with Crippen molar-refractivity contribution in [2.24, 2.45) is 0 Å². The number of nitrogens with one attached hydrogen (secondary N) is 3. The Bertz CT molecular complexity index is 482. The van der Waals surface area contributed by atoms with E-state index in [2.05, 4.69) is 16.0 Å². The molecule has 136 valence electrons. The minimum atomic E-state index is -0.458. The summed E-state index contributed by atoms with van der Waals surface area (Å²) < 4.78 is 0. The summed E-state index contributed by atoms with van der Waals surface area (Å²) in [6, 6.07) is 3.29. The molecule has 0 aliphatic heterocycles. The number of hydrogen-bond donors (Lipinski definition) is 6. The Balaban J connectivity index is 3.06. The molecule has 24 heavy (non-hydrogen) atoms. The SMILES string of the molecule is O=[N+]([O-])c1c(NCCCO)cc(NCCCO)cc1NCCCO. The van der Waals surface area contributed by atoms with Gasteiger partial charge in [0, 0.05) is 45.1 Å². The first-order valence-corrected chi connectivity index (χ1v) is 8.00. The molecule has 0 aromatic heterocycles. The molecule has 0 amide bonds. The van der Waals surface area contributed by atoms with Crippen LogP contribution in [0.3, 0.4) is 0 Å². The first kappa shape index (κ1) is 19.9. The summed E-state index contributed by atoms with van der Waals surface area (Å²) in [6.07, 6.45) is 1.52. The van der Waals surface area contributed by atoms with Crippen LogP contribution in [0.15, 0.2) is 12.1 Å². The van der Waals surface area contributed by atoms with Crippen LogP contribution in [0, 0.1) is 10.1 Å². The minimum Gasteiger partial charge on any atom is -0.396 e. The van der Waals surface area contributed by atoms with Crippen LogP contribution in [0.1, 0.15) is 19.3 Å². The van der Waals surface area contributed by atoms with E-state index in [1.165, 1.54) is 0 Å². The van der Waals surface area contributed by atoms with Crippen molar-refractivity contribution < 1.29 is 20.2 Å². The Hall–Kier alpha value is -2.10. The van der Waals surface area contributed by atoms with Gasteiger partial charge >= 0.3 is 5.69 Å². The smallest absolute Gasteiger partial charge is 0.315 e. The fourth-order valence-corrected chi connectivity index (χ4v) is 2.12. The molecule has 0 saturated carbocycles. The van der Waals surface area contributed by atoms with Crippen molar-refractivity contribution in [2.45, 2.75) is 19.3 Å². The number of anilines is 3. The average molecular weight is 342 g/mol. The second-order valence-corrected chi connectivity index (χ2v) is 5.19. The van der Waals surface area contributed by atoms with Crippen LogP contribution in [0.25, 0.3) is 0 Å². The zero-order valence-corrected chi connectivity index (χ0v) is 13.6. The Morgan fingerprint density at radius 2 is 1.25 bits per heavy atom. The molecular formula is C15H26N4O5. The highest BCUT2D eigenvalue weighted by atomic mass is 16.6. The number of hydrogen-bond acceptors (Lipinski definition) is 8. The summed E-state index contributed by atoms with van der Waals surface area (Å²) in [6.45, 7) is 1.42. The number of benzene rings is 1. The quantitative estimate of drug-likeness (QED) is 0.177. The molecule has 0 saturated heterocycles. The number of nitro groups is 1. The van der Waals surface area contributed by atoms with E-state index in [4.69, 9.17) is 15.3 Å². The number of nitrogens with zero attached hydrogens (tertiary/aromatic N) is 1. The maximum absolute atomic E-state index is 11.5. The van der Waals surface area contributed by atoms with Gasteiger partial charge < -0.3 is 31.3 Å². The third-order valence-electron chi connectivity index (χ3n) is 3.26. The van der Waals surface area contributed by atoms with Gasteiger partial charge in [-0.1, -0.05) is 0 Å². The third kappa shape index (κ3) is 6.57. The van der Waals surface area contributed by atoms with Gasteiger partial charge in [-0.05, 0) is 31.4 Å². The van der Waals surface area contributed by atoms with Gasteiger partial charge in [0.15, 0.2) is 0 Å². The number of nitro benzene ring substituents is 1. The molecule has 0 spiro atoms. The summed E-state index contributed by atoms with van der Waals surface area (Å²) in [5.74, 6) is 0. The molecule has 9 nitrogen and oxygen atoms in total. The van der Waals surface area contributed by atoms with Gasteiger partial charge in [0.2, 0.25) is 0 Å². The Morgan fingerprint density at radius 3 is 1.62 bits per heavy atom. The zero-order valence-electron chi connectivity index (χ0n) is 13.6.